The van der Waals surface area contributed by atoms with E-state index in [4.69, 9.17) is 0 Å². The zero-order valence-electron chi connectivity index (χ0n) is 9.13. The standard InChI is InChI=1S/C11H19NOS/c1-9-4-7-14-10(9)8-12-6-5-11(2,3)13/h4,7,12-13H,5-6,8H2,1-3H3. The predicted molar refractivity (Wildman–Crippen MR) is 61.7 cm³/mol. The Balaban J connectivity index is 2.20. The average molecular weight is 213 g/mol. The number of aryl methyl sites for hydroxylation is 1. The molecule has 0 radical (unpaired) electrons. The van der Waals surface area contributed by atoms with E-state index in [2.05, 4.69) is 23.7 Å². The van der Waals surface area contributed by atoms with Crippen molar-refractivity contribution in [3.8, 4) is 0 Å². The van der Waals surface area contributed by atoms with Gasteiger partial charge in [-0.3, -0.25) is 0 Å². The molecule has 2 N–H and O–H groups in total. The van der Waals surface area contributed by atoms with Crippen molar-refractivity contribution in [2.45, 2.75) is 39.3 Å². The first-order valence-corrected chi connectivity index (χ1v) is 5.83. The summed E-state index contributed by atoms with van der Waals surface area (Å²) in [6, 6.07) is 2.14. The Morgan fingerprint density at radius 2 is 2.21 bits per heavy atom. The van der Waals surface area contributed by atoms with E-state index >= 15 is 0 Å². The van der Waals surface area contributed by atoms with Gasteiger partial charge in [0.25, 0.3) is 0 Å². The summed E-state index contributed by atoms with van der Waals surface area (Å²) in [6.45, 7) is 7.58. The lowest BCUT2D eigenvalue weighted by molar-refractivity contribution is 0.0711. The molecule has 1 heterocycles. The Bertz CT molecular complexity index is 275. The molecule has 0 fully saturated rings. The molecule has 1 rings (SSSR count). The summed E-state index contributed by atoms with van der Waals surface area (Å²) in [4.78, 5) is 1.39. The minimum absolute atomic E-state index is 0.558. The normalized spacial score (nSPS) is 12.0. The molecule has 1 aromatic heterocycles. The molecule has 14 heavy (non-hydrogen) atoms. The van der Waals surface area contributed by atoms with E-state index < -0.39 is 5.60 Å². The van der Waals surface area contributed by atoms with Crippen molar-refractivity contribution in [3.63, 3.8) is 0 Å². The zero-order chi connectivity index (χ0) is 10.6. The number of rotatable bonds is 5. The zero-order valence-corrected chi connectivity index (χ0v) is 9.95. The van der Waals surface area contributed by atoms with Gasteiger partial charge in [-0.1, -0.05) is 0 Å². The van der Waals surface area contributed by atoms with Gasteiger partial charge >= 0.3 is 0 Å². The van der Waals surface area contributed by atoms with E-state index in [1.54, 1.807) is 11.3 Å². The second-order valence-corrected chi connectivity index (χ2v) is 5.27. The summed E-state index contributed by atoms with van der Waals surface area (Å²) in [5.41, 5.74) is 0.795. The molecular formula is C11H19NOS. The van der Waals surface area contributed by atoms with Crippen LogP contribution in [0.25, 0.3) is 0 Å². The molecule has 0 amide bonds. The van der Waals surface area contributed by atoms with E-state index in [-0.39, 0.29) is 0 Å². The molecule has 0 aromatic carbocycles. The van der Waals surface area contributed by atoms with Gasteiger partial charge in [-0.2, -0.15) is 0 Å². The van der Waals surface area contributed by atoms with Crippen molar-refractivity contribution in [1.82, 2.24) is 5.32 Å². The lowest BCUT2D eigenvalue weighted by Crippen LogP contribution is -2.26. The maximum atomic E-state index is 9.49. The van der Waals surface area contributed by atoms with E-state index in [0.717, 1.165) is 19.5 Å². The second-order valence-electron chi connectivity index (χ2n) is 4.27. The quantitative estimate of drug-likeness (QED) is 0.736. The minimum Gasteiger partial charge on any atom is -0.390 e. The van der Waals surface area contributed by atoms with Crippen LogP contribution in [0.15, 0.2) is 11.4 Å². The average Bonchev–Trinajstić information content (AvgIpc) is 2.44. The molecule has 0 aliphatic heterocycles. The topological polar surface area (TPSA) is 32.3 Å². The summed E-state index contributed by atoms with van der Waals surface area (Å²) >= 11 is 1.78. The summed E-state index contributed by atoms with van der Waals surface area (Å²) < 4.78 is 0. The second kappa shape index (κ2) is 4.91. The third-order valence-corrected chi connectivity index (χ3v) is 3.19. The van der Waals surface area contributed by atoms with Crippen molar-refractivity contribution in [3.05, 3.63) is 21.9 Å². The van der Waals surface area contributed by atoms with Gasteiger partial charge < -0.3 is 10.4 Å². The third-order valence-electron chi connectivity index (χ3n) is 2.17. The predicted octanol–water partition coefficient (Wildman–Crippen LogP) is 2.31. The van der Waals surface area contributed by atoms with Gasteiger partial charge in [-0.05, 0) is 50.7 Å². The van der Waals surface area contributed by atoms with Crippen LogP contribution < -0.4 is 5.32 Å². The first-order chi connectivity index (χ1) is 6.49. The van der Waals surface area contributed by atoms with Crippen LogP contribution in [0.4, 0.5) is 0 Å². The lowest BCUT2D eigenvalue weighted by Gasteiger charge is -2.16. The van der Waals surface area contributed by atoms with Crippen LogP contribution in [-0.4, -0.2) is 17.3 Å². The summed E-state index contributed by atoms with van der Waals surface area (Å²) in [7, 11) is 0. The van der Waals surface area contributed by atoms with Crippen molar-refractivity contribution >= 4 is 11.3 Å². The number of hydrogen-bond acceptors (Lipinski definition) is 3. The van der Waals surface area contributed by atoms with Crippen LogP contribution in [-0.2, 0) is 6.54 Å². The SMILES string of the molecule is Cc1ccsc1CNCCC(C)(C)O. The Hall–Kier alpha value is -0.380. The van der Waals surface area contributed by atoms with Gasteiger partial charge in [-0.15, -0.1) is 11.3 Å². The number of nitrogens with one attached hydrogen (secondary N) is 1. The van der Waals surface area contributed by atoms with Crippen LogP contribution in [0.2, 0.25) is 0 Å². The Kier molecular flexibility index (Phi) is 4.11. The highest BCUT2D eigenvalue weighted by Crippen LogP contribution is 2.15. The monoisotopic (exact) mass is 213 g/mol. The van der Waals surface area contributed by atoms with Gasteiger partial charge in [0.05, 0.1) is 5.60 Å². The lowest BCUT2D eigenvalue weighted by atomic mass is 10.1. The smallest absolute Gasteiger partial charge is 0.0603 e. The van der Waals surface area contributed by atoms with Gasteiger partial charge in [0, 0.05) is 11.4 Å². The van der Waals surface area contributed by atoms with Crippen molar-refractivity contribution in [2.75, 3.05) is 6.54 Å². The molecule has 0 saturated heterocycles. The van der Waals surface area contributed by atoms with Gasteiger partial charge in [0.1, 0.15) is 0 Å². The molecule has 0 bridgehead atoms. The van der Waals surface area contributed by atoms with Crippen LogP contribution in [0.1, 0.15) is 30.7 Å². The third kappa shape index (κ3) is 4.22. The van der Waals surface area contributed by atoms with Gasteiger partial charge in [-0.25, -0.2) is 0 Å². The number of aliphatic hydroxyl groups is 1. The molecule has 80 valence electrons. The number of hydrogen-bond donors (Lipinski definition) is 2. The molecule has 0 atom stereocenters. The minimum atomic E-state index is -0.558. The molecule has 0 unspecified atom stereocenters. The number of thiophene rings is 1. The summed E-state index contributed by atoms with van der Waals surface area (Å²) in [5.74, 6) is 0. The van der Waals surface area contributed by atoms with Crippen molar-refractivity contribution in [1.29, 1.82) is 0 Å². The summed E-state index contributed by atoms with van der Waals surface area (Å²) in [6.07, 6.45) is 0.789. The maximum Gasteiger partial charge on any atom is 0.0603 e. The van der Waals surface area contributed by atoms with Crippen LogP contribution >= 0.6 is 11.3 Å². The van der Waals surface area contributed by atoms with Crippen LogP contribution in [0.3, 0.4) is 0 Å². The first-order valence-electron chi connectivity index (χ1n) is 4.95. The fourth-order valence-electron chi connectivity index (χ4n) is 1.18. The Morgan fingerprint density at radius 1 is 1.50 bits per heavy atom. The van der Waals surface area contributed by atoms with Gasteiger partial charge in [0.15, 0.2) is 0 Å². The van der Waals surface area contributed by atoms with Crippen LogP contribution in [0, 0.1) is 6.92 Å². The van der Waals surface area contributed by atoms with Crippen molar-refractivity contribution < 1.29 is 5.11 Å². The highest BCUT2D eigenvalue weighted by atomic mass is 32.1. The Labute approximate surface area is 90.0 Å². The van der Waals surface area contributed by atoms with Crippen molar-refractivity contribution in [2.24, 2.45) is 0 Å². The fraction of sp³-hybridized carbons (Fsp3) is 0.636. The molecular weight excluding hydrogens is 194 g/mol. The van der Waals surface area contributed by atoms with E-state index in [1.807, 2.05) is 13.8 Å². The first kappa shape index (κ1) is 11.7. The molecule has 1 aromatic rings. The molecule has 0 spiro atoms. The molecule has 2 nitrogen and oxygen atoms in total. The molecule has 0 aliphatic carbocycles. The molecule has 0 saturated carbocycles. The fourth-order valence-corrected chi connectivity index (χ4v) is 2.06. The highest BCUT2D eigenvalue weighted by Gasteiger charge is 2.11. The van der Waals surface area contributed by atoms with Gasteiger partial charge in [0.2, 0.25) is 0 Å². The maximum absolute atomic E-state index is 9.49. The van der Waals surface area contributed by atoms with E-state index in [0.29, 0.717) is 0 Å². The Morgan fingerprint density at radius 3 is 2.71 bits per heavy atom. The highest BCUT2D eigenvalue weighted by molar-refractivity contribution is 7.10. The van der Waals surface area contributed by atoms with Crippen LogP contribution in [0.5, 0.6) is 0 Å². The molecule has 3 heteroatoms. The summed E-state index contributed by atoms with van der Waals surface area (Å²) in [5, 5.41) is 14.9. The molecule has 0 aliphatic rings. The van der Waals surface area contributed by atoms with E-state index in [9.17, 15) is 5.11 Å². The largest absolute Gasteiger partial charge is 0.390 e. The van der Waals surface area contributed by atoms with E-state index in [1.165, 1.54) is 10.4 Å².